The summed E-state index contributed by atoms with van der Waals surface area (Å²) in [5.74, 6) is 0. The van der Waals surface area contributed by atoms with Crippen LogP contribution in [0.2, 0.25) is 6.04 Å². The number of allylic oxidation sites excluding steroid dienone is 4. The van der Waals surface area contributed by atoms with Gasteiger partial charge in [-0.05, 0) is 67.0 Å². The van der Waals surface area contributed by atoms with Crippen molar-refractivity contribution in [3.63, 3.8) is 0 Å². The van der Waals surface area contributed by atoms with Crippen LogP contribution >= 0.6 is 0 Å². The van der Waals surface area contributed by atoms with Gasteiger partial charge in [-0.1, -0.05) is 60.2 Å². The zero-order valence-corrected chi connectivity index (χ0v) is 17.7. The van der Waals surface area contributed by atoms with Crippen LogP contribution in [0.25, 0.3) is 11.1 Å². The SMILES string of the molecule is CN([Si](=O)CC1=C2C(=CC1)c1ccccc1Cc1ccccc12)C(C)(C)C. The maximum Gasteiger partial charge on any atom is 0.399 e. The number of fused-ring (bicyclic) bond motifs is 5. The third-order valence-corrected chi connectivity index (χ3v) is 8.04. The first kappa shape index (κ1) is 18.1. The first-order valence-electron chi connectivity index (χ1n) is 9.72. The zero-order valence-electron chi connectivity index (χ0n) is 16.7. The summed E-state index contributed by atoms with van der Waals surface area (Å²) in [4.78, 5) is 0. The molecule has 2 aromatic carbocycles. The van der Waals surface area contributed by atoms with Crippen molar-refractivity contribution in [1.29, 1.82) is 0 Å². The smallest absolute Gasteiger partial charge is 0.375 e. The van der Waals surface area contributed by atoms with Gasteiger partial charge in [0.1, 0.15) is 0 Å². The van der Waals surface area contributed by atoms with Crippen LogP contribution in [0.15, 0.2) is 60.2 Å². The number of hydrogen-bond acceptors (Lipinski definition) is 1. The topological polar surface area (TPSA) is 20.3 Å². The lowest BCUT2D eigenvalue weighted by atomic mass is 9.93. The van der Waals surface area contributed by atoms with Crippen LogP contribution in [0.1, 0.15) is 49.4 Å². The zero-order chi connectivity index (χ0) is 19.2. The van der Waals surface area contributed by atoms with Crippen molar-refractivity contribution in [3.8, 4) is 0 Å². The van der Waals surface area contributed by atoms with Gasteiger partial charge in [-0.15, -0.1) is 0 Å². The van der Waals surface area contributed by atoms with E-state index in [9.17, 15) is 4.46 Å². The average molecular weight is 374 g/mol. The van der Waals surface area contributed by atoms with Gasteiger partial charge in [0.25, 0.3) is 0 Å². The van der Waals surface area contributed by atoms with Gasteiger partial charge in [0.15, 0.2) is 0 Å². The number of rotatable bonds is 3. The lowest BCUT2D eigenvalue weighted by Gasteiger charge is -2.32. The van der Waals surface area contributed by atoms with Crippen molar-refractivity contribution in [1.82, 2.24) is 4.57 Å². The first-order chi connectivity index (χ1) is 12.9. The molecule has 0 bridgehead atoms. The molecule has 4 rings (SSSR count). The molecule has 0 saturated heterocycles. The quantitative estimate of drug-likeness (QED) is 0.664. The molecule has 0 fully saturated rings. The van der Waals surface area contributed by atoms with Gasteiger partial charge in [0.2, 0.25) is 0 Å². The second-order valence-electron chi connectivity index (χ2n) is 8.59. The van der Waals surface area contributed by atoms with Crippen molar-refractivity contribution in [2.45, 2.75) is 45.2 Å². The number of nitrogens with zero attached hydrogens (tertiary/aromatic N) is 1. The Bertz CT molecular complexity index is 978. The summed E-state index contributed by atoms with van der Waals surface area (Å²) in [6.07, 6.45) is 4.21. The largest absolute Gasteiger partial charge is 0.399 e. The molecule has 0 unspecified atom stereocenters. The van der Waals surface area contributed by atoms with E-state index in [-0.39, 0.29) is 5.54 Å². The van der Waals surface area contributed by atoms with Crippen LogP contribution in [-0.4, -0.2) is 26.0 Å². The van der Waals surface area contributed by atoms with E-state index in [0.29, 0.717) is 6.04 Å². The fraction of sp³-hybridized carbons (Fsp3) is 0.333. The molecule has 0 heterocycles. The van der Waals surface area contributed by atoms with Crippen LogP contribution in [0, 0.1) is 0 Å². The van der Waals surface area contributed by atoms with E-state index >= 15 is 0 Å². The predicted molar refractivity (Wildman–Crippen MR) is 114 cm³/mol. The Morgan fingerprint density at radius 2 is 1.56 bits per heavy atom. The fourth-order valence-corrected chi connectivity index (χ4v) is 5.77. The normalized spacial score (nSPS) is 15.5. The third-order valence-electron chi connectivity index (χ3n) is 5.90. The highest BCUT2D eigenvalue weighted by molar-refractivity contribution is 6.41. The number of benzene rings is 2. The molecule has 138 valence electrons. The summed E-state index contributed by atoms with van der Waals surface area (Å²) in [6, 6.07) is 18.1. The summed E-state index contributed by atoms with van der Waals surface area (Å²) in [5, 5.41) is 0. The van der Waals surface area contributed by atoms with E-state index in [1.54, 1.807) is 0 Å². The Kier molecular flexibility index (Phi) is 4.51. The molecule has 3 heteroatoms. The maximum atomic E-state index is 13.1. The molecule has 0 spiro atoms. The Morgan fingerprint density at radius 3 is 2.22 bits per heavy atom. The van der Waals surface area contributed by atoms with E-state index in [2.05, 4.69) is 79.9 Å². The van der Waals surface area contributed by atoms with Gasteiger partial charge >= 0.3 is 8.84 Å². The van der Waals surface area contributed by atoms with Crippen molar-refractivity contribution in [2.24, 2.45) is 0 Å². The minimum atomic E-state index is -1.86. The molecule has 2 aromatic rings. The summed E-state index contributed by atoms with van der Waals surface area (Å²) in [7, 11) is 0.137. The van der Waals surface area contributed by atoms with Gasteiger partial charge in [0, 0.05) is 18.6 Å². The molecule has 0 radical (unpaired) electrons. The Hall–Kier alpha value is -2.26. The second kappa shape index (κ2) is 6.72. The van der Waals surface area contributed by atoms with Crippen molar-refractivity contribution in [2.75, 3.05) is 7.05 Å². The highest BCUT2D eigenvalue weighted by Gasteiger charge is 2.30. The van der Waals surface area contributed by atoms with E-state index in [4.69, 9.17) is 0 Å². The first-order valence-corrected chi connectivity index (χ1v) is 11.3. The minimum Gasteiger partial charge on any atom is -0.375 e. The van der Waals surface area contributed by atoms with E-state index in [1.165, 1.54) is 39.0 Å². The number of hydrogen-bond donors (Lipinski definition) is 0. The van der Waals surface area contributed by atoms with Crippen LogP contribution < -0.4 is 0 Å². The average Bonchev–Trinajstić information content (AvgIpc) is 2.98. The van der Waals surface area contributed by atoms with Crippen molar-refractivity contribution < 1.29 is 4.46 Å². The summed E-state index contributed by atoms with van der Waals surface area (Å²) < 4.78 is 15.2. The lowest BCUT2D eigenvalue weighted by Crippen LogP contribution is -2.43. The Morgan fingerprint density at radius 1 is 0.963 bits per heavy atom. The maximum absolute atomic E-state index is 13.1. The molecule has 27 heavy (non-hydrogen) atoms. The molecule has 0 aromatic heterocycles. The molecule has 0 N–H and O–H groups in total. The van der Waals surface area contributed by atoms with Gasteiger partial charge < -0.3 is 9.03 Å². The van der Waals surface area contributed by atoms with Crippen LogP contribution in [0.5, 0.6) is 0 Å². The van der Waals surface area contributed by atoms with Crippen molar-refractivity contribution in [3.05, 3.63) is 82.4 Å². The molecule has 0 saturated carbocycles. The van der Waals surface area contributed by atoms with Crippen LogP contribution in [-0.2, 0) is 10.9 Å². The van der Waals surface area contributed by atoms with Gasteiger partial charge in [-0.3, -0.25) is 0 Å². The van der Waals surface area contributed by atoms with Gasteiger partial charge in [-0.25, -0.2) is 0 Å². The van der Waals surface area contributed by atoms with E-state index in [1.807, 2.05) is 7.05 Å². The highest BCUT2D eigenvalue weighted by atomic mass is 28.3. The second-order valence-corrected chi connectivity index (χ2v) is 10.4. The summed E-state index contributed by atoms with van der Waals surface area (Å²) >= 11 is 0. The lowest BCUT2D eigenvalue weighted by molar-refractivity contribution is 0.274. The summed E-state index contributed by atoms with van der Waals surface area (Å²) in [6.45, 7) is 6.38. The molecule has 0 aliphatic heterocycles. The molecule has 2 aliphatic rings. The van der Waals surface area contributed by atoms with Gasteiger partial charge in [0.05, 0.1) is 0 Å². The standard InChI is InChI=1S/C24H27NOSi/c1-24(2,3)25(4)27(26)16-19-13-14-22-20-11-7-5-9-17(20)15-18-10-6-8-12-21(18)23(19)22/h5-12,14H,13,15-16H2,1-4H3. The van der Waals surface area contributed by atoms with Crippen LogP contribution in [0.4, 0.5) is 0 Å². The highest BCUT2D eigenvalue weighted by Crippen LogP contribution is 2.46. The predicted octanol–water partition coefficient (Wildman–Crippen LogP) is 5.48. The van der Waals surface area contributed by atoms with E-state index < -0.39 is 8.84 Å². The van der Waals surface area contributed by atoms with E-state index in [0.717, 1.165) is 12.8 Å². The third kappa shape index (κ3) is 3.25. The molecule has 0 amide bonds. The van der Waals surface area contributed by atoms with Gasteiger partial charge in [-0.2, -0.15) is 0 Å². The Labute approximate surface area is 164 Å². The van der Waals surface area contributed by atoms with Crippen LogP contribution in [0.3, 0.4) is 0 Å². The molecular weight excluding hydrogens is 346 g/mol. The monoisotopic (exact) mass is 373 g/mol. The Balaban J connectivity index is 1.82. The molecule has 0 atom stereocenters. The summed E-state index contributed by atoms with van der Waals surface area (Å²) in [5.41, 5.74) is 9.32. The molecule has 2 nitrogen and oxygen atoms in total. The van der Waals surface area contributed by atoms with Crippen molar-refractivity contribution >= 4 is 20.0 Å². The fourth-order valence-electron chi connectivity index (χ4n) is 4.10. The molecule has 2 aliphatic carbocycles. The minimum absolute atomic E-state index is 0.0793. The molecular formula is C24H27NOSi.